The molecule has 0 saturated heterocycles. The third-order valence-corrected chi connectivity index (χ3v) is 6.79. The Morgan fingerprint density at radius 3 is 2.58 bits per heavy atom. The zero-order chi connectivity index (χ0) is 24.0. The van der Waals surface area contributed by atoms with Crippen LogP contribution in [0.3, 0.4) is 0 Å². The van der Waals surface area contributed by atoms with Crippen LogP contribution in [0.25, 0.3) is 10.9 Å². The molecule has 2 aromatic rings. The predicted octanol–water partition coefficient (Wildman–Crippen LogP) is 5.14. The largest absolute Gasteiger partial charge is 0.464 e. The number of aryl methyl sites for hydroxylation is 1. The van der Waals surface area contributed by atoms with Gasteiger partial charge in [0.2, 0.25) is 5.91 Å². The average molecular weight is 456 g/mol. The molecular formula is C27H41N3O3. The fraction of sp³-hybridized carbons (Fsp3) is 0.630. The molecule has 0 radical (unpaired) electrons. The molecule has 3 rings (SSSR count). The molecule has 0 saturated carbocycles. The molecule has 6 nitrogen and oxygen atoms in total. The molecule has 0 fully saturated rings. The van der Waals surface area contributed by atoms with Crippen LogP contribution in [0.5, 0.6) is 0 Å². The smallest absolute Gasteiger partial charge is 0.328 e. The summed E-state index contributed by atoms with van der Waals surface area (Å²) < 4.78 is 5.29. The Morgan fingerprint density at radius 2 is 1.88 bits per heavy atom. The second-order valence-corrected chi connectivity index (χ2v) is 9.64. The first kappa shape index (κ1) is 25.1. The molecule has 1 aromatic heterocycles. The van der Waals surface area contributed by atoms with Crippen molar-refractivity contribution in [3.63, 3.8) is 0 Å². The van der Waals surface area contributed by atoms with Crippen LogP contribution in [0.15, 0.2) is 18.3 Å². The van der Waals surface area contributed by atoms with Gasteiger partial charge in [0.15, 0.2) is 0 Å². The highest BCUT2D eigenvalue weighted by Crippen LogP contribution is 2.36. The number of hydrogen-bond acceptors (Lipinski definition) is 4. The number of aromatic amines is 1. The molecule has 1 aliphatic rings. The summed E-state index contributed by atoms with van der Waals surface area (Å²) in [6.07, 6.45) is 11.0. The Morgan fingerprint density at radius 1 is 1.15 bits per heavy atom. The fourth-order valence-electron chi connectivity index (χ4n) is 5.10. The highest BCUT2D eigenvalue weighted by Gasteiger charge is 2.34. The Kier molecular flexibility index (Phi) is 8.81. The number of nitrogens with one attached hydrogen (secondary N) is 2. The molecule has 1 aromatic carbocycles. The number of hydrogen-bond donors (Lipinski definition) is 2. The van der Waals surface area contributed by atoms with Gasteiger partial charge < -0.3 is 19.9 Å². The summed E-state index contributed by atoms with van der Waals surface area (Å²) >= 11 is 0. The third kappa shape index (κ3) is 5.71. The van der Waals surface area contributed by atoms with Crippen LogP contribution >= 0.6 is 0 Å². The van der Waals surface area contributed by atoms with Crippen molar-refractivity contribution in [1.82, 2.24) is 10.3 Å². The minimum atomic E-state index is -0.695. The summed E-state index contributed by atoms with van der Waals surface area (Å²) in [6, 6.07) is 3.28. The van der Waals surface area contributed by atoms with E-state index in [-0.39, 0.29) is 23.8 Å². The molecule has 33 heavy (non-hydrogen) atoms. The molecular weight excluding hydrogens is 414 g/mol. The van der Waals surface area contributed by atoms with Gasteiger partial charge in [0.05, 0.1) is 12.1 Å². The predicted molar refractivity (Wildman–Crippen MR) is 135 cm³/mol. The molecule has 1 amide bonds. The standard InChI is InChI=1S/C27H41N3O3/c1-6-8-9-10-11-12-13-19-14-15-22-23-20(17-28-24(19)23)16-21(27(32)33-7-2)29-26(31)25(18(3)4)30(22)5/h14-15,17-18,21,25,28H,6-13,16H2,1-5H3,(H,29,31)/t21-,25-/m0/s1. The lowest BCUT2D eigenvalue weighted by Crippen LogP contribution is -2.53. The van der Waals surface area contributed by atoms with Crippen LogP contribution in [0.1, 0.15) is 77.3 Å². The van der Waals surface area contributed by atoms with Gasteiger partial charge in [-0.2, -0.15) is 0 Å². The molecule has 0 unspecified atom stereocenters. The first-order chi connectivity index (χ1) is 15.9. The van der Waals surface area contributed by atoms with E-state index in [2.05, 4.69) is 34.3 Å². The van der Waals surface area contributed by atoms with Crippen LogP contribution in [0.4, 0.5) is 5.69 Å². The Hall–Kier alpha value is -2.50. The summed E-state index contributed by atoms with van der Waals surface area (Å²) in [5.74, 6) is -0.433. The second kappa shape index (κ2) is 11.6. The number of amides is 1. The average Bonchev–Trinajstić information content (AvgIpc) is 3.20. The number of carbonyl (C=O) groups excluding carboxylic acids is 2. The van der Waals surface area contributed by atoms with Gasteiger partial charge in [-0.1, -0.05) is 58.9 Å². The molecule has 0 spiro atoms. The first-order valence-corrected chi connectivity index (χ1v) is 12.7. The zero-order valence-electron chi connectivity index (χ0n) is 21.0. The van der Waals surface area contributed by atoms with Gasteiger partial charge in [-0.25, -0.2) is 4.79 Å². The fourth-order valence-corrected chi connectivity index (χ4v) is 5.10. The Labute approximate surface area is 198 Å². The van der Waals surface area contributed by atoms with Crippen molar-refractivity contribution in [1.29, 1.82) is 0 Å². The summed E-state index contributed by atoms with van der Waals surface area (Å²) in [7, 11) is 1.98. The number of aromatic nitrogens is 1. The van der Waals surface area contributed by atoms with Gasteiger partial charge in [0, 0.05) is 30.7 Å². The monoisotopic (exact) mass is 455 g/mol. The van der Waals surface area contributed by atoms with Crippen LogP contribution in [0, 0.1) is 5.92 Å². The number of nitrogens with zero attached hydrogens (tertiary/aromatic N) is 1. The Balaban J connectivity index is 1.97. The summed E-state index contributed by atoms with van der Waals surface area (Å²) in [6.45, 7) is 8.41. The van der Waals surface area contributed by atoms with Crippen LogP contribution < -0.4 is 10.2 Å². The quantitative estimate of drug-likeness (QED) is 0.384. The van der Waals surface area contributed by atoms with Crippen molar-refractivity contribution >= 4 is 28.5 Å². The maximum atomic E-state index is 13.2. The SMILES string of the molecule is CCCCCCCCc1ccc2c3c(c[nH]c13)C[C@@H](C(=O)OCC)NC(=O)[C@H](C(C)C)N2C. The number of unbranched alkanes of at least 4 members (excludes halogenated alkanes) is 5. The van der Waals surface area contributed by atoms with E-state index in [0.29, 0.717) is 13.0 Å². The van der Waals surface area contributed by atoms with Crippen molar-refractivity contribution < 1.29 is 14.3 Å². The molecule has 6 heteroatoms. The lowest BCUT2D eigenvalue weighted by Gasteiger charge is -2.32. The van der Waals surface area contributed by atoms with E-state index in [9.17, 15) is 9.59 Å². The zero-order valence-corrected chi connectivity index (χ0v) is 21.0. The number of anilines is 1. The number of benzene rings is 1. The van der Waals surface area contributed by atoms with E-state index < -0.39 is 6.04 Å². The van der Waals surface area contributed by atoms with E-state index in [1.54, 1.807) is 6.92 Å². The molecule has 2 atom stereocenters. The van der Waals surface area contributed by atoms with E-state index in [1.165, 1.54) is 44.1 Å². The van der Waals surface area contributed by atoms with E-state index >= 15 is 0 Å². The second-order valence-electron chi connectivity index (χ2n) is 9.64. The number of H-pyrrole nitrogens is 1. The maximum Gasteiger partial charge on any atom is 0.328 e. The minimum Gasteiger partial charge on any atom is -0.464 e. The number of likely N-dealkylation sites (N-methyl/N-ethyl adjacent to an activating group) is 1. The number of rotatable bonds is 10. The third-order valence-electron chi connectivity index (χ3n) is 6.79. The van der Waals surface area contributed by atoms with E-state index in [0.717, 1.165) is 28.6 Å². The topological polar surface area (TPSA) is 74.4 Å². The van der Waals surface area contributed by atoms with Crippen molar-refractivity contribution in [3.05, 3.63) is 29.5 Å². The van der Waals surface area contributed by atoms with Crippen molar-refractivity contribution in [3.8, 4) is 0 Å². The van der Waals surface area contributed by atoms with E-state index in [1.807, 2.05) is 27.1 Å². The highest BCUT2D eigenvalue weighted by molar-refractivity contribution is 6.01. The molecule has 182 valence electrons. The number of ether oxygens (including phenoxy) is 1. The number of esters is 1. The maximum absolute atomic E-state index is 13.2. The highest BCUT2D eigenvalue weighted by atomic mass is 16.5. The van der Waals surface area contributed by atoms with Gasteiger partial charge in [0.1, 0.15) is 12.1 Å². The van der Waals surface area contributed by atoms with Crippen molar-refractivity contribution in [2.24, 2.45) is 5.92 Å². The molecule has 0 aliphatic carbocycles. The van der Waals surface area contributed by atoms with Crippen molar-refractivity contribution in [2.45, 2.75) is 91.1 Å². The van der Waals surface area contributed by atoms with Crippen molar-refractivity contribution in [2.75, 3.05) is 18.6 Å². The first-order valence-electron chi connectivity index (χ1n) is 12.7. The minimum absolute atomic E-state index is 0.0798. The van der Waals surface area contributed by atoms with Gasteiger partial charge in [0.25, 0.3) is 0 Å². The summed E-state index contributed by atoms with van der Waals surface area (Å²) in [5, 5.41) is 4.10. The van der Waals surface area contributed by atoms with Gasteiger partial charge in [-0.15, -0.1) is 0 Å². The van der Waals surface area contributed by atoms with Crippen LogP contribution in [0.2, 0.25) is 0 Å². The normalized spacial score (nSPS) is 18.7. The lowest BCUT2D eigenvalue weighted by atomic mass is 9.97. The van der Waals surface area contributed by atoms with E-state index in [4.69, 9.17) is 4.74 Å². The molecule has 2 N–H and O–H groups in total. The van der Waals surface area contributed by atoms with Gasteiger partial charge in [-0.3, -0.25) is 4.79 Å². The summed E-state index contributed by atoms with van der Waals surface area (Å²) in [4.78, 5) is 31.5. The lowest BCUT2D eigenvalue weighted by molar-refractivity contribution is -0.147. The molecule has 1 aliphatic heterocycles. The van der Waals surface area contributed by atoms with Gasteiger partial charge >= 0.3 is 5.97 Å². The Bertz CT molecular complexity index is 949. The molecule has 2 heterocycles. The number of carbonyl (C=O) groups is 2. The summed E-state index contributed by atoms with van der Waals surface area (Å²) in [5.41, 5.74) is 4.50. The van der Waals surface area contributed by atoms with Gasteiger partial charge in [-0.05, 0) is 42.9 Å². The molecule has 0 bridgehead atoms. The van der Waals surface area contributed by atoms with Crippen LogP contribution in [-0.4, -0.2) is 42.6 Å². The van der Waals surface area contributed by atoms with Crippen LogP contribution in [-0.2, 0) is 27.2 Å².